The number of halogens is 2. The van der Waals surface area contributed by atoms with E-state index in [0.717, 1.165) is 0 Å². The number of nitrogens with two attached hydrogens (primary N) is 1. The van der Waals surface area contributed by atoms with Crippen molar-refractivity contribution in [3.8, 4) is 0 Å². The summed E-state index contributed by atoms with van der Waals surface area (Å²) < 4.78 is 26.7. The van der Waals surface area contributed by atoms with Crippen molar-refractivity contribution in [3.63, 3.8) is 0 Å². The lowest BCUT2D eigenvalue weighted by molar-refractivity contribution is 0.315. The Bertz CT molecular complexity index is 607. The molecule has 0 fully saturated rings. The van der Waals surface area contributed by atoms with Gasteiger partial charge in [0.1, 0.15) is 5.84 Å². The van der Waals surface area contributed by atoms with Gasteiger partial charge in [0, 0.05) is 24.0 Å². The van der Waals surface area contributed by atoms with Gasteiger partial charge in [-0.2, -0.15) is 4.31 Å². The Morgan fingerprint density at radius 1 is 1.55 bits per heavy atom. The van der Waals surface area contributed by atoms with Crippen LogP contribution in [0, 0.1) is 0 Å². The molecule has 1 aromatic carbocycles. The predicted molar refractivity (Wildman–Crippen MR) is 81.6 cm³/mol. The minimum absolute atomic E-state index is 0.0177. The van der Waals surface area contributed by atoms with Crippen LogP contribution in [0.3, 0.4) is 0 Å². The van der Waals surface area contributed by atoms with E-state index < -0.39 is 10.0 Å². The molecule has 1 rings (SSSR count). The zero-order valence-electron chi connectivity index (χ0n) is 10.8. The standard InChI is InChI=1S/C11H15BrClN3O3S/c1-2-16(6-5-11(14)15-17)20(18,19)8-3-4-10(13)9(12)7-8/h3-4,7,17H,2,5-6H2,1H3,(H2,14,15). The normalized spacial score (nSPS) is 12.9. The first kappa shape index (κ1) is 17.2. The second-order valence-corrected chi connectivity index (χ2v) is 7.11. The van der Waals surface area contributed by atoms with Crippen molar-refractivity contribution < 1.29 is 13.6 Å². The second-order valence-electron chi connectivity index (χ2n) is 3.91. The van der Waals surface area contributed by atoms with Gasteiger partial charge in [-0.05, 0) is 34.1 Å². The fourth-order valence-corrected chi connectivity index (χ4v) is 3.65. The monoisotopic (exact) mass is 383 g/mol. The van der Waals surface area contributed by atoms with Crippen molar-refractivity contribution in [2.45, 2.75) is 18.2 Å². The van der Waals surface area contributed by atoms with Gasteiger partial charge in [0.25, 0.3) is 0 Å². The number of rotatable bonds is 6. The maximum absolute atomic E-state index is 12.4. The molecule has 3 N–H and O–H groups in total. The van der Waals surface area contributed by atoms with E-state index in [9.17, 15) is 8.42 Å². The Balaban J connectivity index is 3.02. The molecule has 20 heavy (non-hydrogen) atoms. The van der Waals surface area contributed by atoms with E-state index in [0.29, 0.717) is 9.50 Å². The predicted octanol–water partition coefficient (Wildman–Crippen LogP) is 2.25. The van der Waals surface area contributed by atoms with E-state index in [-0.39, 0.29) is 30.2 Å². The van der Waals surface area contributed by atoms with Crippen molar-refractivity contribution in [1.29, 1.82) is 0 Å². The van der Waals surface area contributed by atoms with Gasteiger partial charge in [-0.25, -0.2) is 8.42 Å². The van der Waals surface area contributed by atoms with E-state index in [1.54, 1.807) is 6.92 Å². The highest BCUT2D eigenvalue weighted by Crippen LogP contribution is 2.26. The number of oxime groups is 1. The van der Waals surface area contributed by atoms with Gasteiger partial charge in [-0.15, -0.1) is 0 Å². The van der Waals surface area contributed by atoms with E-state index in [1.165, 1.54) is 22.5 Å². The molecular formula is C11H15BrClN3O3S. The SMILES string of the molecule is CCN(CC/C(N)=N/O)S(=O)(=O)c1ccc(Cl)c(Br)c1. The molecule has 0 amide bonds. The van der Waals surface area contributed by atoms with Gasteiger partial charge in [-0.1, -0.05) is 23.7 Å². The summed E-state index contributed by atoms with van der Waals surface area (Å²) in [6.45, 7) is 2.13. The number of benzene rings is 1. The summed E-state index contributed by atoms with van der Waals surface area (Å²) in [7, 11) is -3.64. The molecule has 0 spiro atoms. The van der Waals surface area contributed by atoms with Crippen molar-refractivity contribution in [3.05, 3.63) is 27.7 Å². The van der Waals surface area contributed by atoms with Gasteiger partial charge in [0.15, 0.2) is 0 Å². The first-order chi connectivity index (χ1) is 9.32. The number of amidine groups is 1. The maximum atomic E-state index is 12.4. The Hall–Kier alpha value is -0.830. The minimum Gasteiger partial charge on any atom is -0.409 e. The average molecular weight is 385 g/mol. The fraction of sp³-hybridized carbons (Fsp3) is 0.364. The lowest BCUT2D eigenvalue weighted by Gasteiger charge is -2.20. The summed E-state index contributed by atoms with van der Waals surface area (Å²) in [5.41, 5.74) is 5.36. The summed E-state index contributed by atoms with van der Waals surface area (Å²) in [6, 6.07) is 4.40. The smallest absolute Gasteiger partial charge is 0.243 e. The van der Waals surface area contributed by atoms with Crippen molar-refractivity contribution in [2.24, 2.45) is 10.9 Å². The average Bonchev–Trinajstić information content (AvgIpc) is 2.41. The largest absolute Gasteiger partial charge is 0.409 e. The van der Waals surface area contributed by atoms with Gasteiger partial charge in [0.05, 0.1) is 9.92 Å². The second kappa shape index (κ2) is 7.26. The third kappa shape index (κ3) is 4.08. The Morgan fingerprint density at radius 2 is 2.20 bits per heavy atom. The molecule has 0 aromatic heterocycles. The van der Waals surface area contributed by atoms with Crippen LogP contribution in [-0.2, 0) is 10.0 Å². The maximum Gasteiger partial charge on any atom is 0.243 e. The molecule has 0 atom stereocenters. The van der Waals surface area contributed by atoms with Gasteiger partial charge < -0.3 is 10.9 Å². The fourth-order valence-electron chi connectivity index (χ4n) is 1.52. The van der Waals surface area contributed by atoms with E-state index in [2.05, 4.69) is 21.1 Å². The number of sulfonamides is 1. The van der Waals surface area contributed by atoms with Crippen LogP contribution >= 0.6 is 27.5 Å². The van der Waals surface area contributed by atoms with E-state index in [1.807, 2.05) is 0 Å². The highest BCUT2D eigenvalue weighted by Gasteiger charge is 2.23. The third-order valence-electron chi connectivity index (χ3n) is 2.63. The molecule has 1 aromatic rings. The van der Waals surface area contributed by atoms with Crippen LogP contribution in [0.2, 0.25) is 5.02 Å². The Morgan fingerprint density at radius 3 is 2.70 bits per heavy atom. The first-order valence-corrected chi connectivity index (χ1v) is 8.35. The molecule has 0 radical (unpaired) electrons. The minimum atomic E-state index is -3.64. The van der Waals surface area contributed by atoms with Gasteiger partial charge >= 0.3 is 0 Å². The summed E-state index contributed by atoms with van der Waals surface area (Å²) in [5, 5.41) is 11.7. The zero-order chi connectivity index (χ0) is 15.3. The van der Waals surface area contributed by atoms with Gasteiger partial charge in [-0.3, -0.25) is 0 Å². The molecule has 0 aliphatic heterocycles. The quantitative estimate of drug-likeness (QED) is 0.340. The number of hydrogen-bond donors (Lipinski definition) is 2. The highest BCUT2D eigenvalue weighted by atomic mass is 79.9. The van der Waals surface area contributed by atoms with E-state index in [4.69, 9.17) is 22.5 Å². The van der Waals surface area contributed by atoms with Crippen molar-refractivity contribution in [1.82, 2.24) is 4.31 Å². The number of hydrogen-bond acceptors (Lipinski definition) is 4. The summed E-state index contributed by atoms with van der Waals surface area (Å²) in [4.78, 5) is 0.134. The molecule has 0 saturated carbocycles. The van der Waals surface area contributed by atoms with Crippen LogP contribution in [-0.4, -0.2) is 36.9 Å². The lowest BCUT2D eigenvalue weighted by Crippen LogP contribution is -2.34. The molecule has 9 heteroatoms. The molecule has 112 valence electrons. The van der Waals surface area contributed by atoms with Crippen molar-refractivity contribution in [2.75, 3.05) is 13.1 Å². The number of nitrogens with zero attached hydrogens (tertiary/aromatic N) is 2. The molecule has 0 aliphatic carbocycles. The van der Waals surface area contributed by atoms with E-state index >= 15 is 0 Å². The molecule has 0 unspecified atom stereocenters. The lowest BCUT2D eigenvalue weighted by atomic mass is 10.4. The molecule has 0 aliphatic rings. The third-order valence-corrected chi connectivity index (χ3v) is 5.81. The Labute approximate surface area is 131 Å². The molecular weight excluding hydrogens is 370 g/mol. The van der Waals surface area contributed by atoms with Crippen LogP contribution < -0.4 is 5.73 Å². The van der Waals surface area contributed by atoms with Crippen LogP contribution in [0.1, 0.15) is 13.3 Å². The topological polar surface area (TPSA) is 96.0 Å². The van der Waals surface area contributed by atoms with Crippen LogP contribution in [0.15, 0.2) is 32.7 Å². The van der Waals surface area contributed by atoms with Gasteiger partial charge in [0.2, 0.25) is 10.0 Å². The highest BCUT2D eigenvalue weighted by molar-refractivity contribution is 9.10. The van der Waals surface area contributed by atoms with Crippen LogP contribution in [0.5, 0.6) is 0 Å². The van der Waals surface area contributed by atoms with Crippen LogP contribution in [0.4, 0.5) is 0 Å². The first-order valence-electron chi connectivity index (χ1n) is 5.74. The summed E-state index contributed by atoms with van der Waals surface area (Å²) in [5.74, 6) is -0.0177. The molecule has 6 nitrogen and oxygen atoms in total. The zero-order valence-corrected chi connectivity index (χ0v) is 13.9. The summed E-state index contributed by atoms with van der Waals surface area (Å²) in [6.07, 6.45) is 0.151. The molecule has 0 saturated heterocycles. The van der Waals surface area contributed by atoms with Crippen molar-refractivity contribution >= 4 is 43.4 Å². The van der Waals surface area contributed by atoms with Crippen LogP contribution in [0.25, 0.3) is 0 Å². The molecule has 0 heterocycles. The summed E-state index contributed by atoms with van der Waals surface area (Å²) >= 11 is 9.05. The Kier molecular flexibility index (Phi) is 6.25. The molecule has 0 bridgehead atoms.